The summed E-state index contributed by atoms with van der Waals surface area (Å²) in [7, 11) is -1.33. The maximum absolute atomic E-state index is 11.5. The van der Waals surface area contributed by atoms with E-state index in [-0.39, 0.29) is 0 Å². The van der Waals surface area contributed by atoms with Gasteiger partial charge in [-0.1, -0.05) is 6.92 Å². The lowest BCUT2D eigenvalue weighted by Gasteiger charge is -2.32. The average molecular weight is 278 g/mol. The number of hydrogen-bond donors (Lipinski definition) is 1. The van der Waals surface area contributed by atoms with Crippen LogP contribution in [0.25, 0.3) is 0 Å². The summed E-state index contributed by atoms with van der Waals surface area (Å²) in [6.07, 6.45) is 4.38. The van der Waals surface area contributed by atoms with Crippen molar-refractivity contribution < 1.29 is 13.2 Å². The lowest BCUT2D eigenvalue weighted by atomic mass is 9.99. The van der Waals surface area contributed by atoms with Crippen LogP contribution in [-0.4, -0.2) is 58.4 Å². The molecule has 2 atom stereocenters. The maximum atomic E-state index is 11.5. The van der Waals surface area contributed by atoms with Crippen molar-refractivity contribution in [3.05, 3.63) is 0 Å². The van der Waals surface area contributed by atoms with Crippen LogP contribution in [-0.2, 0) is 14.8 Å². The van der Waals surface area contributed by atoms with Crippen LogP contribution in [0.4, 0.5) is 0 Å². The standard InChI is InChI=1S/C12H26N2O3S/c1-4-12(10-17-2)13-8-11-6-5-7-14(9-11)18(3,15)16/h11-13H,4-10H2,1-3H3. The molecule has 5 nitrogen and oxygen atoms in total. The molecule has 0 spiro atoms. The summed E-state index contributed by atoms with van der Waals surface area (Å²) >= 11 is 0. The zero-order valence-corrected chi connectivity index (χ0v) is 12.5. The molecule has 1 aliphatic rings. The molecule has 0 radical (unpaired) electrons. The third kappa shape index (κ3) is 5.22. The van der Waals surface area contributed by atoms with E-state index in [1.165, 1.54) is 6.26 Å². The summed E-state index contributed by atoms with van der Waals surface area (Å²) in [6.45, 7) is 5.02. The molecule has 0 aromatic rings. The van der Waals surface area contributed by atoms with Gasteiger partial charge in [-0.3, -0.25) is 0 Å². The normalized spacial score (nSPS) is 24.1. The lowest BCUT2D eigenvalue weighted by Crippen LogP contribution is -2.44. The van der Waals surface area contributed by atoms with Crippen molar-refractivity contribution >= 4 is 10.0 Å². The third-order valence-electron chi connectivity index (χ3n) is 3.51. The smallest absolute Gasteiger partial charge is 0.211 e. The van der Waals surface area contributed by atoms with Crippen molar-refractivity contribution in [1.82, 2.24) is 9.62 Å². The summed E-state index contributed by atoms with van der Waals surface area (Å²) in [4.78, 5) is 0. The van der Waals surface area contributed by atoms with Gasteiger partial charge >= 0.3 is 0 Å². The number of sulfonamides is 1. The molecule has 1 saturated heterocycles. The minimum absolute atomic E-state index is 0.364. The summed E-state index contributed by atoms with van der Waals surface area (Å²) in [5.74, 6) is 0.416. The van der Waals surface area contributed by atoms with Gasteiger partial charge in [-0.15, -0.1) is 0 Å². The molecule has 0 aromatic carbocycles. The molecule has 1 N–H and O–H groups in total. The topological polar surface area (TPSA) is 58.6 Å². The quantitative estimate of drug-likeness (QED) is 0.744. The largest absolute Gasteiger partial charge is 0.383 e. The fraction of sp³-hybridized carbons (Fsp3) is 1.00. The van der Waals surface area contributed by atoms with Crippen molar-refractivity contribution in [1.29, 1.82) is 0 Å². The molecule has 0 aliphatic carbocycles. The zero-order chi connectivity index (χ0) is 13.6. The minimum Gasteiger partial charge on any atom is -0.383 e. The van der Waals surface area contributed by atoms with E-state index < -0.39 is 10.0 Å². The average Bonchev–Trinajstić information content (AvgIpc) is 2.34. The molecule has 18 heavy (non-hydrogen) atoms. The Hall–Kier alpha value is -0.170. The van der Waals surface area contributed by atoms with E-state index in [4.69, 9.17) is 4.74 Å². The van der Waals surface area contributed by atoms with E-state index in [9.17, 15) is 8.42 Å². The third-order valence-corrected chi connectivity index (χ3v) is 4.78. The van der Waals surface area contributed by atoms with E-state index in [2.05, 4.69) is 12.2 Å². The van der Waals surface area contributed by atoms with Crippen molar-refractivity contribution in [3.8, 4) is 0 Å². The lowest BCUT2D eigenvalue weighted by molar-refractivity contribution is 0.157. The molecule has 0 amide bonds. The van der Waals surface area contributed by atoms with E-state index in [1.807, 2.05) is 0 Å². The Balaban J connectivity index is 2.38. The molecule has 2 unspecified atom stereocenters. The maximum Gasteiger partial charge on any atom is 0.211 e. The SMILES string of the molecule is CCC(COC)NCC1CCCN(S(C)(=O)=O)C1. The molecular formula is C12H26N2O3S. The van der Waals surface area contributed by atoms with Crippen LogP contribution in [0, 0.1) is 5.92 Å². The van der Waals surface area contributed by atoms with E-state index in [0.717, 1.165) is 25.8 Å². The van der Waals surface area contributed by atoms with Crippen molar-refractivity contribution in [2.24, 2.45) is 5.92 Å². The number of ether oxygens (including phenoxy) is 1. The Morgan fingerprint density at radius 3 is 2.78 bits per heavy atom. The van der Waals surface area contributed by atoms with Gasteiger partial charge in [-0.25, -0.2) is 12.7 Å². The summed E-state index contributed by atoms with van der Waals surface area (Å²) in [6, 6.07) is 0.364. The fourth-order valence-electron chi connectivity index (χ4n) is 2.35. The molecule has 1 rings (SSSR count). The summed E-state index contributed by atoms with van der Waals surface area (Å²) < 4.78 is 29.8. The number of piperidine rings is 1. The van der Waals surface area contributed by atoms with E-state index in [0.29, 0.717) is 31.7 Å². The van der Waals surface area contributed by atoms with E-state index >= 15 is 0 Å². The van der Waals surface area contributed by atoms with Gasteiger partial charge in [0.25, 0.3) is 0 Å². The van der Waals surface area contributed by atoms with Gasteiger partial charge in [0.1, 0.15) is 0 Å². The highest BCUT2D eigenvalue weighted by atomic mass is 32.2. The first-order valence-electron chi connectivity index (χ1n) is 6.64. The molecule has 0 bridgehead atoms. The second kappa shape index (κ2) is 7.43. The number of methoxy groups -OCH3 is 1. The van der Waals surface area contributed by atoms with Gasteiger partial charge in [0.2, 0.25) is 10.0 Å². The fourth-order valence-corrected chi connectivity index (χ4v) is 3.29. The van der Waals surface area contributed by atoms with Gasteiger partial charge in [0.05, 0.1) is 12.9 Å². The Kier molecular flexibility index (Phi) is 6.55. The van der Waals surface area contributed by atoms with Crippen LogP contribution in [0.1, 0.15) is 26.2 Å². The van der Waals surface area contributed by atoms with Crippen LogP contribution in [0.15, 0.2) is 0 Å². The van der Waals surface area contributed by atoms with Gasteiger partial charge < -0.3 is 10.1 Å². The molecule has 1 fully saturated rings. The number of nitrogens with zero attached hydrogens (tertiary/aromatic N) is 1. The van der Waals surface area contributed by atoms with E-state index in [1.54, 1.807) is 11.4 Å². The van der Waals surface area contributed by atoms with Crippen LogP contribution in [0.3, 0.4) is 0 Å². The molecule has 1 heterocycles. The number of hydrogen-bond acceptors (Lipinski definition) is 4. The summed E-state index contributed by atoms with van der Waals surface area (Å²) in [5.41, 5.74) is 0. The molecule has 1 aliphatic heterocycles. The molecule has 6 heteroatoms. The first kappa shape index (κ1) is 15.9. The highest BCUT2D eigenvalue weighted by Gasteiger charge is 2.25. The van der Waals surface area contributed by atoms with Crippen molar-refractivity contribution in [2.45, 2.75) is 32.2 Å². The molecule has 0 aromatic heterocycles. The number of nitrogens with one attached hydrogen (secondary N) is 1. The monoisotopic (exact) mass is 278 g/mol. The predicted molar refractivity (Wildman–Crippen MR) is 73.1 cm³/mol. The highest BCUT2D eigenvalue weighted by Crippen LogP contribution is 2.18. The Bertz CT molecular complexity index is 332. The molecule has 0 saturated carbocycles. The minimum atomic E-state index is -3.03. The summed E-state index contributed by atoms with van der Waals surface area (Å²) in [5, 5.41) is 3.47. The Labute approximate surface area is 111 Å². The van der Waals surface area contributed by atoms with Crippen LogP contribution in [0.2, 0.25) is 0 Å². The molecular weight excluding hydrogens is 252 g/mol. The highest BCUT2D eigenvalue weighted by molar-refractivity contribution is 7.88. The van der Waals surface area contributed by atoms with Gasteiger partial charge in [-0.2, -0.15) is 0 Å². The Morgan fingerprint density at radius 1 is 1.50 bits per heavy atom. The van der Waals surface area contributed by atoms with Crippen LogP contribution < -0.4 is 5.32 Å². The second-order valence-electron chi connectivity index (χ2n) is 5.10. The van der Waals surface area contributed by atoms with Gasteiger partial charge in [0, 0.05) is 26.2 Å². The molecule has 108 valence electrons. The first-order valence-corrected chi connectivity index (χ1v) is 8.49. The number of rotatable bonds is 7. The van der Waals surface area contributed by atoms with Crippen molar-refractivity contribution in [2.75, 3.05) is 39.6 Å². The zero-order valence-electron chi connectivity index (χ0n) is 11.7. The Morgan fingerprint density at radius 2 is 2.22 bits per heavy atom. The van der Waals surface area contributed by atoms with Gasteiger partial charge in [-0.05, 0) is 31.7 Å². The van der Waals surface area contributed by atoms with Crippen LogP contribution >= 0.6 is 0 Å². The predicted octanol–water partition coefficient (Wildman–Crippen LogP) is 0.673. The van der Waals surface area contributed by atoms with Crippen LogP contribution in [0.5, 0.6) is 0 Å². The second-order valence-corrected chi connectivity index (χ2v) is 7.08. The van der Waals surface area contributed by atoms with Crippen molar-refractivity contribution in [3.63, 3.8) is 0 Å². The first-order chi connectivity index (χ1) is 8.47. The van der Waals surface area contributed by atoms with Gasteiger partial charge in [0.15, 0.2) is 0 Å².